The lowest BCUT2D eigenvalue weighted by Gasteiger charge is -2.09. The van der Waals surface area contributed by atoms with E-state index in [1.165, 1.54) is 33.0 Å². The molecule has 0 aliphatic heterocycles. The third kappa shape index (κ3) is 4.03. The van der Waals surface area contributed by atoms with Gasteiger partial charge in [-0.25, -0.2) is 19.9 Å². The Morgan fingerprint density at radius 2 is 1.04 bits per heavy atom. The molecule has 10 rings (SSSR count). The number of hydrogen-bond acceptors (Lipinski definition) is 5. The van der Waals surface area contributed by atoms with Gasteiger partial charge in [0.25, 0.3) is 0 Å². The van der Waals surface area contributed by atoms with Gasteiger partial charge in [-0.2, -0.15) is 0 Å². The zero-order chi connectivity index (χ0) is 30.9. The SMILES string of the molecule is c1ccc(-c2nc(-c3ccccc3)nc(-c3ccnc4oc5cc(-c6ccc7c(c6)-c6cccc8cccc-7c68)ccc5c34)n2)cc1. The molecule has 1 aliphatic rings. The molecule has 0 amide bonds. The Morgan fingerprint density at radius 1 is 0.404 bits per heavy atom. The second-order valence-corrected chi connectivity index (χ2v) is 11.9. The molecule has 0 unspecified atom stereocenters. The van der Waals surface area contributed by atoms with E-state index in [1.807, 2.05) is 66.7 Å². The van der Waals surface area contributed by atoms with Crippen LogP contribution in [0.25, 0.3) is 100 Å². The summed E-state index contributed by atoms with van der Waals surface area (Å²) in [7, 11) is 0. The molecule has 0 radical (unpaired) electrons. The van der Waals surface area contributed by atoms with Crippen molar-refractivity contribution in [1.29, 1.82) is 0 Å². The van der Waals surface area contributed by atoms with Crippen LogP contribution in [0.1, 0.15) is 0 Å². The van der Waals surface area contributed by atoms with Crippen molar-refractivity contribution in [1.82, 2.24) is 19.9 Å². The topological polar surface area (TPSA) is 64.7 Å². The van der Waals surface area contributed by atoms with Crippen LogP contribution < -0.4 is 0 Å². The zero-order valence-corrected chi connectivity index (χ0v) is 25.1. The maximum Gasteiger partial charge on any atom is 0.228 e. The Bertz CT molecular complexity index is 2620. The summed E-state index contributed by atoms with van der Waals surface area (Å²) in [6.07, 6.45) is 1.76. The van der Waals surface area contributed by atoms with Crippen LogP contribution in [0.3, 0.4) is 0 Å². The van der Waals surface area contributed by atoms with Gasteiger partial charge in [-0.15, -0.1) is 0 Å². The van der Waals surface area contributed by atoms with Crippen LogP contribution in [-0.4, -0.2) is 19.9 Å². The lowest BCUT2D eigenvalue weighted by molar-refractivity contribution is 0.654. The van der Waals surface area contributed by atoms with E-state index in [0.717, 1.165) is 44.2 Å². The van der Waals surface area contributed by atoms with Crippen molar-refractivity contribution in [3.05, 3.63) is 146 Å². The Kier molecular flexibility index (Phi) is 5.51. The van der Waals surface area contributed by atoms with Crippen molar-refractivity contribution in [2.24, 2.45) is 0 Å². The summed E-state index contributed by atoms with van der Waals surface area (Å²) in [5.74, 6) is 1.80. The molecule has 0 N–H and O–H groups in total. The summed E-state index contributed by atoms with van der Waals surface area (Å²) in [6.45, 7) is 0. The Labute approximate surface area is 269 Å². The van der Waals surface area contributed by atoms with Gasteiger partial charge in [-0.05, 0) is 68.4 Å². The van der Waals surface area contributed by atoms with Crippen molar-refractivity contribution in [2.45, 2.75) is 0 Å². The molecule has 218 valence electrons. The molecule has 0 fully saturated rings. The maximum absolute atomic E-state index is 6.41. The first-order valence-corrected chi connectivity index (χ1v) is 15.6. The predicted molar refractivity (Wildman–Crippen MR) is 189 cm³/mol. The van der Waals surface area contributed by atoms with E-state index >= 15 is 0 Å². The van der Waals surface area contributed by atoms with Crippen LogP contribution in [0, 0.1) is 0 Å². The van der Waals surface area contributed by atoms with Crippen molar-refractivity contribution >= 4 is 32.8 Å². The van der Waals surface area contributed by atoms with Gasteiger partial charge >= 0.3 is 0 Å². The molecule has 1 aliphatic carbocycles. The quantitative estimate of drug-likeness (QED) is 0.201. The molecule has 0 spiro atoms. The third-order valence-electron chi connectivity index (χ3n) is 9.15. The highest BCUT2D eigenvalue weighted by Crippen LogP contribution is 2.48. The monoisotopic (exact) mass is 600 g/mol. The lowest BCUT2D eigenvalue weighted by Crippen LogP contribution is -2.00. The van der Waals surface area contributed by atoms with Gasteiger partial charge in [0.15, 0.2) is 17.5 Å². The van der Waals surface area contributed by atoms with Crippen molar-refractivity contribution in [3.63, 3.8) is 0 Å². The minimum Gasteiger partial charge on any atom is -0.438 e. The number of furan rings is 1. The normalized spacial score (nSPS) is 11.8. The number of rotatable bonds is 4. The molecule has 0 atom stereocenters. The first-order chi connectivity index (χ1) is 23.3. The molecule has 3 aromatic heterocycles. The first-order valence-electron chi connectivity index (χ1n) is 15.6. The van der Waals surface area contributed by atoms with Gasteiger partial charge in [0.05, 0.1) is 5.39 Å². The summed E-state index contributed by atoms with van der Waals surface area (Å²) in [5, 5.41) is 4.45. The van der Waals surface area contributed by atoms with Gasteiger partial charge in [0.2, 0.25) is 5.71 Å². The number of pyridine rings is 1. The van der Waals surface area contributed by atoms with E-state index in [9.17, 15) is 0 Å². The number of benzene rings is 6. The zero-order valence-electron chi connectivity index (χ0n) is 25.1. The summed E-state index contributed by atoms with van der Waals surface area (Å²) in [4.78, 5) is 19.4. The van der Waals surface area contributed by atoms with E-state index in [0.29, 0.717) is 23.2 Å². The molecule has 9 aromatic rings. The average molecular weight is 601 g/mol. The number of fused-ring (bicyclic) bond motifs is 6. The smallest absolute Gasteiger partial charge is 0.228 e. The van der Waals surface area contributed by atoms with E-state index in [-0.39, 0.29) is 0 Å². The number of aromatic nitrogens is 4. The van der Waals surface area contributed by atoms with Crippen LogP contribution in [0.4, 0.5) is 0 Å². The van der Waals surface area contributed by atoms with Gasteiger partial charge in [-0.1, -0.05) is 115 Å². The van der Waals surface area contributed by atoms with E-state index in [4.69, 9.17) is 19.4 Å². The average Bonchev–Trinajstić information content (AvgIpc) is 3.68. The highest BCUT2D eigenvalue weighted by molar-refractivity contribution is 6.16. The summed E-state index contributed by atoms with van der Waals surface area (Å²) < 4.78 is 6.41. The molecular formula is C42H24N4O. The van der Waals surface area contributed by atoms with Crippen molar-refractivity contribution < 1.29 is 4.42 Å². The van der Waals surface area contributed by atoms with Crippen molar-refractivity contribution in [2.75, 3.05) is 0 Å². The standard InChI is InChI=1S/C42H24N4O/c1-3-9-26(10-4-1)39-44-40(27-11-5-2-6-12-27)46-41(45-39)34-21-22-43-42-38(34)33-20-18-29(24-36(33)47-42)28-17-19-30-31-15-7-13-25-14-8-16-32(37(25)31)35(30)23-28/h1-24H. The first kappa shape index (κ1) is 25.8. The fourth-order valence-electron chi connectivity index (χ4n) is 6.96. The van der Waals surface area contributed by atoms with E-state index in [2.05, 4.69) is 77.8 Å². The van der Waals surface area contributed by atoms with Crippen LogP contribution in [0.5, 0.6) is 0 Å². The molecule has 47 heavy (non-hydrogen) atoms. The predicted octanol–water partition coefficient (Wildman–Crippen LogP) is 10.6. The molecule has 3 heterocycles. The fourth-order valence-corrected chi connectivity index (χ4v) is 6.96. The largest absolute Gasteiger partial charge is 0.438 e. The fraction of sp³-hybridized carbons (Fsp3) is 0. The highest BCUT2D eigenvalue weighted by Gasteiger charge is 2.22. The molecule has 0 saturated heterocycles. The number of hydrogen-bond donors (Lipinski definition) is 0. The summed E-state index contributed by atoms with van der Waals surface area (Å²) in [6, 6.07) is 48.3. The van der Waals surface area contributed by atoms with Crippen LogP contribution in [-0.2, 0) is 0 Å². The second kappa shape index (κ2) is 10.0. The highest BCUT2D eigenvalue weighted by atomic mass is 16.3. The Morgan fingerprint density at radius 3 is 1.77 bits per heavy atom. The maximum atomic E-state index is 6.41. The van der Waals surface area contributed by atoms with Gasteiger partial charge in [0, 0.05) is 28.3 Å². The van der Waals surface area contributed by atoms with Crippen molar-refractivity contribution in [3.8, 4) is 67.5 Å². The second-order valence-electron chi connectivity index (χ2n) is 11.9. The molecule has 6 aromatic carbocycles. The third-order valence-corrected chi connectivity index (χ3v) is 9.15. The van der Waals surface area contributed by atoms with Gasteiger partial charge in [0.1, 0.15) is 5.58 Å². The Hall–Kier alpha value is -6.46. The van der Waals surface area contributed by atoms with Crippen LogP contribution >= 0.6 is 0 Å². The van der Waals surface area contributed by atoms with Gasteiger partial charge in [-0.3, -0.25) is 0 Å². The summed E-state index contributed by atoms with van der Waals surface area (Å²) >= 11 is 0. The van der Waals surface area contributed by atoms with Crippen LogP contribution in [0.15, 0.2) is 150 Å². The molecule has 0 saturated carbocycles. The molecule has 5 heteroatoms. The molecule has 5 nitrogen and oxygen atoms in total. The summed E-state index contributed by atoms with van der Waals surface area (Å²) in [5.41, 5.74) is 11.4. The minimum absolute atomic E-state index is 0.550. The van der Waals surface area contributed by atoms with Gasteiger partial charge < -0.3 is 4.42 Å². The molecule has 0 bridgehead atoms. The molecular weight excluding hydrogens is 576 g/mol. The minimum atomic E-state index is 0.550. The van der Waals surface area contributed by atoms with Crippen LogP contribution in [0.2, 0.25) is 0 Å². The lowest BCUT2D eigenvalue weighted by atomic mass is 9.96. The van der Waals surface area contributed by atoms with E-state index in [1.54, 1.807) is 6.20 Å². The van der Waals surface area contributed by atoms with E-state index < -0.39 is 0 Å². The number of nitrogens with zero attached hydrogens (tertiary/aromatic N) is 4. The Balaban J connectivity index is 1.12.